The molecule has 0 spiro atoms. The Morgan fingerprint density at radius 2 is 1.86 bits per heavy atom. The lowest BCUT2D eigenvalue weighted by Crippen LogP contribution is -2.59. The standard InChI is InChI=1S/C15H31N3O4/c1-7-9(2)12(10(22-6)8-11(16)19)18(5)14(20)13(17)15(3,4)21/h9-10,12-13,21H,7-8,17H2,1-6H3,(H2,16,19)/t9-,10+,12-,13+/m0/s1. The molecular formula is C15H31N3O4. The van der Waals surface area contributed by atoms with Gasteiger partial charge in [0.1, 0.15) is 6.04 Å². The van der Waals surface area contributed by atoms with Crippen molar-refractivity contribution in [3.05, 3.63) is 0 Å². The van der Waals surface area contributed by atoms with Crippen molar-refractivity contribution >= 4 is 11.8 Å². The van der Waals surface area contributed by atoms with Gasteiger partial charge in [-0.2, -0.15) is 0 Å². The van der Waals surface area contributed by atoms with Gasteiger partial charge in [-0.05, 0) is 19.8 Å². The molecule has 0 aliphatic carbocycles. The summed E-state index contributed by atoms with van der Waals surface area (Å²) in [5, 5.41) is 9.95. The summed E-state index contributed by atoms with van der Waals surface area (Å²) in [6.07, 6.45) is 0.287. The third-order valence-electron chi connectivity index (χ3n) is 4.13. The number of amides is 2. The van der Waals surface area contributed by atoms with Crippen LogP contribution in [0.2, 0.25) is 0 Å². The fraction of sp³-hybridized carbons (Fsp3) is 0.867. The summed E-state index contributed by atoms with van der Waals surface area (Å²) in [7, 11) is 3.09. The first-order chi connectivity index (χ1) is 9.97. The first-order valence-corrected chi connectivity index (χ1v) is 7.53. The van der Waals surface area contributed by atoms with E-state index in [4.69, 9.17) is 16.2 Å². The predicted octanol–water partition coefficient (Wildman–Crippen LogP) is -0.152. The predicted molar refractivity (Wildman–Crippen MR) is 84.9 cm³/mol. The van der Waals surface area contributed by atoms with E-state index < -0.39 is 29.6 Å². The van der Waals surface area contributed by atoms with Crippen LogP contribution in [0.4, 0.5) is 0 Å². The molecular weight excluding hydrogens is 286 g/mol. The number of nitrogens with two attached hydrogens (primary N) is 2. The van der Waals surface area contributed by atoms with E-state index in [-0.39, 0.29) is 18.4 Å². The first kappa shape index (κ1) is 20.8. The molecule has 5 N–H and O–H groups in total. The van der Waals surface area contributed by atoms with Crippen molar-refractivity contribution in [2.24, 2.45) is 17.4 Å². The second-order valence-corrected chi connectivity index (χ2v) is 6.40. The maximum atomic E-state index is 12.5. The van der Waals surface area contributed by atoms with Crippen LogP contribution in [0, 0.1) is 5.92 Å². The zero-order chi connectivity index (χ0) is 17.7. The minimum absolute atomic E-state index is 0.0148. The molecule has 7 nitrogen and oxygen atoms in total. The van der Waals surface area contributed by atoms with Crippen molar-refractivity contribution in [1.82, 2.24) is 4.90 Å². The van der Waals surface area contributed by atoms with Crippen LogP contribution in [-0.2, 0) is 14.3 Å². The molecule has 130 valence electrons. The molecule has 4 atom stereocenters. The van der Waals surface area contributed by atoms with Crippen molar-refractivity contribution in [1.29, 1.82) is 0 Å². The molecule has 2 amide bonds. The summed E-state index contributed by atoms with van der Waals surface area (Å²) in [6, 6.07) is -1.42. The third-order valence-corrected chi connectivity index (χ3v) is 4.13. The smallest absolute Gasteiger partial charge is 0.242 e. The second kappa shape index (κ2) is 8.45. The van der Waals surface area contributed by atoms with E-state index in [1.807, 2.05) is 13.8 Å². The molecule has 0 aromatic rings. The second-order valence-electron chi connectivity index (χ2n) is 6.40. The summed E-state index contributed by atoms with van der Waals surface area (Å²) >= 11 is 0. The first-order valence-electron chi connectivity index (χ1n) is 7.53. The van der Waals surface area contributed by atoms with Gasteiger partial charge in [-0.25, -0.2) is 0 Å². The Bertz CT molecular complexity index is 381. The number of primary amides is 1. The maximum Gasteiger partial charge on any atom is 0.242 e. The number of rotatable bonds is 9. The lowest BCUT2D eigenvalue weighted by molar-refractivity contribution is -0.144. The highest BCUT2D eigenvalue weighted by Gasteiger charge is 2.38. The highest BCUT2D eigenvalue weighted by atomic mass is 16.5. The van der Waals surface area contributed by atoms with E-state index in [1.54, 1.807) is 7.05 Å². The van der Waals surface area contributed by atoms with Gasteiger partial charge in [0.2, 0.25) is 11.8 Å². The Kier molecular flexibility index (Phi) is 8.00. The van der Waals surface area contributed by atoms with E-state index >= 15 is 0 Å². The number of hydrogen-bond acceptors (Lipinski definition) is 5. The molecule has 0 saturated carbocycles. The number of aliphatic hydroxyl groups is 1. The summed E-state index contributed by atoms with van der Waals surface area (Å²) in [5.41, 5.74) is 9.77. The molecule has 7 heteroatoms. The number of nitrogens with zero attached hydrogens (tertiary/aromatic N) is 1. The maximum absolute atomic E-state index is 12.5. The number of likely N-dealkylation sites (N-methyl/N-ethyl adjacent to an activating group) is 1. The van der Waals surface area contributed by atoms with E-state index in [0.29, 0.717) is 0 Å². The van der Waals surface area contributed by atoms with Gasteiger partial charge >= 0.3 is 0 Å². The fourth-order valence-electron chi connectivity index (χ4n) is 2.45. The van der Waals surface area contributed by atoms with Crippen LogP contribution < -0.4 is 11.5 Å². The monoisotopic (exact) mass is 317 g/mol. The topological polar surface area (TPSA) is 119 Å². The molecule has 0 bridgehead atoms. The average Bonchev–Trinajstić information content (AvgIpc) is 2.42. The van der Waals surface area contributed by atoms with Crippen LogP contribution in [0.5, 0.6) is 0 Å². The molecule has 0 radical (unpaired) electrons. The Morgan fingerprint density at radius 1 is 1.36 bits per heavy atom. The molecule has 0 heterocycles. The van der Waals surface area contributed by atoms with Crippen LogP contribution in [0.15, 0.2) is 0 Å². The van der Waals surface area contributed by atoms with Gasteiger partial charge in [0, 0.05) is 14.2 Å². The van der Waals surface area contributed by atoms with Crippen LogP contribution in [-0.4, -0.2) is 59.8 Å². The summed E-state index contributed by atoms with van der Waals surface area (Å²) < 4.78 is 5.38. The third kappa shape index (κ3) is 5.55. The van der Waals surface area contributed by atoms with Crippen LogP contribution in [0.25, 0.3) is 0 Å². The Balaban J connectivity index is 5.41. The molecule has 0 aliphatic rings. The van der Waals surface area contributed by atoms with E-state index in [0.717, 1.165) is 6.42 Å². The Morgan fingerprint density at radius 3 is 2.18 bits per heavy atom. The molecule has 0 rings (SSSR count). The van der Waals surface area contributed by atoms with Crippen molar-refractivity contribution < 1.29 is 19.4 Å². The van der Waals surface area contributed by atoms with Crippen molar-refractivity contribution in [2.45, 2.75) is 64.3 Å². The Hall–Kier alpha value is -1.18. The van der Waals surface area contributed by atoms with E-state index in [2.05, 4.69) is 0 Å². The summed E-state index contributed by atoms with van der Waals surface area (Å²) in [4.78, 5) is 25.2. The van der Waals surface area contributed by atoms with Crippen LogP contribution >= 0.6 is 0 Å². The number of carbonyl (C=O) groups excluding carboxylic acids is 2. The molecule has 0 aromatic heterocycles. The number of hydrogen-bond donors (Lipinski definition) is 3. The molecule has 0 saturated heterocycles. The van der Waals surface area contributed by atoms with Gasteiger partial charge in [-0.15, -0.1) is 0 Å². The highest BCUT2D eigenvalue weighted by Crippen LogP contribution is 2.23. The van der Waals surface area contributed by atoms with Gasteiger partial charge in [0.25, 0.3) is 0 Å². The number of carbonyl (C=O) groups is 2. The molecule has 0 unspecified atom stereocenters. The minimum Gasteiger partial charge on any atom is -0.388 e. The quantitative estimate of drug-likeness (QED) is 0.546. The van der Waals surface area contributed by atoms with Crippen molar-refractivity contribution in [3.63, 3.8) is 0 Å². The fourth-order valence-corrected chi connectivity index (χ4v) is 2.45. The zero-order valence-corrected chi connectivity index (χ0v) is 14.5. The van der Waals surface area contributed by atoms with Gasteiger partial charge in [-0.3, -0.25) is 9.59 Å². The Labute approximate surface area is 133 Å². The molecule has 0 aliphatic heterocycles. The largest absolute Gasteiger partial charge is 0.388 e. The highest BCUT2D eigenvalue weighted by molar-refractivity contribution is 5.83. The van der Waals surface area contributed by atoms with Gasteiger partial charge in [0.05, 0.1) is 24.2 Å². The van der Waals surface area contributed by atoms with Crippen molar-refractivity contribution in [3.8, 4) is 0 Å². The summed E-state index contributed by atoms with van der Waals surface area (Å²) in [5.74, 6) is -0.815. The van der Waals surface area contributed by atoms with Crippen LogP contribution in [0.1, 0.15) is 40.5 Å². The number of methoxy groups -OCH3 is 1. The van der Waals surface area contributed by atoms with Crippen molar-refractivity contribution in [2.75, 3.05) is 14.2 Å². The van der Waals surface area contributed by atoms with Gasteiger partial charge in [0.15, 0.2) is 0 Å². The SMILES string of the molecule is CC[C@H](C)[C@@H]([C@@H](CC(N)=O)OC)N(C)C(=O)[C@@H](N)C(C)(C)O. The average molecular weight is 317 g/mol. The lowest BCUT2D eigenvalue weighted by Gasteiger charge is -2.40. The normalized spacial score (nSPS) is 17.5. The molecule has 22 heavy (non-hydrogen) atoms. The van der Waals surface area contributed by atoms with Crippen LogP contribution in [0.3, 0.4) is 0 Å². The van der Waals surface area contributed by atoms with Gasteiger partial charge in [-0.1, -0.05) is 20.3 Å². The minimum atomic E-state index is -1.34. The molecule has 0 fully saturated rings. The molecule has 0 aromatic carbocycles. The van der Waals surface area contributed by atoms with E-state index in [1.165, 1.54) is 25.9 Å². The van der Waals surface area contributed by atoms with Gasteiger partial charge < -0.3 is 26.2 Å². The summed E-state index contributed by atoms with van der Waals surface area (Å²) in [6.45, 7) is 6.93. The number of ether oxygens (including phenoxy) is 1. The zero-order valence-electron chi connectivity index (χ0n) is 14.5. The lowest BCUT2D eigenvalue weighted by atomic mass is 9.89. The van der Waals surface area contributed by atoms with E-state index in [9.17, 15) is 14.7 Å².